The highest BCUT2D eigenvalue weighted by Gasteiger charge is 2.35. The van der Waals surface area contributed by atoms with Crippen molar-refractivity contribution in [2.24, 2.45) is 5.73 Å². The van der Waals surface area contributed by atoms with E-state index in [-0.39, 0.29) is 28.1 Å². The highest BCUT2D eigenvalue weighted by atomic mass is 32.2. The summed E-state index contributed by atoms with van der Waals surface area (Å²) in [6, 6.07) is 5.60. The maximum absolute atomic E-state index is 10.7. The van der Waals surface area contributed by atoms with Gasteiger partial charge in [0.1, 0.15) is 6.04 Å². The number of carbonyl (C=O) groups is 2. The van der Waals surface area contributed by atoms with E-state index in [1.165, 1.54) is 19.1 Å². The summed E-state index contributed by atoms with van der Waals surface area (Å²) >= 11 is 1.55. The number of nitrogens with two attached hydrogens (primary N) is 1. The Balaban J connectivity index is 0.000000243. The van der Waals surface area contributed by atoms with Crippen LogP contribution in [0.5, 0.6) is 0 Å². The summed E-state index contributed by atoms with van der Waals surface area (Å²) in [5, 5.41) is 5.34. The number of β-lactam (4-membered cyclic amide) rings is 1. The molecular weight excluding hydrogens is 354 g/mol. The molecule has 5 N–H and O–H groups in total. The van der Waals surface area contributed by atoms with E-state index in [2.05, 4.69) is 10.6 Å². The molecule has 2 amide bonds. The standard InChI is InChI=1S/C7H13N3O2S.C7H8O3S/c1-4(11)9-2-3-13-7-5(8)6(12)10-7;1-6-2-4-7(5-3-6)11(8,9)10/h5,7H,2-3,8H2,1H3,(H,9,11)(H,10,12);2-5H,1H3,(H,8,9,10). The Morgan fingerprint density at radius 2 is 1.96 bits per heavy atom. The van der Waals surface area contributed by atoms with E-state index in [9.17, 15) is 18.0 Å². The summed E-state index contributed by atoms with van der Waals surface area (Å²) < 4.78 is 29.6. The van der Waals surface area contributed by atoms with Gasteiger partial charge in [0.05, 0.1) is 10.3 Å². The van der Waals surface area contributed by atoms with Crippen molar-refractivity contribution in [1.29, 1.82) is 0 Å². The third kappa shape index (κ3) is 6.87. The minimum atomic E-state index is -4.02. The normalized spacial score (nSPS) is 19.4. The zero-order valence-electron chi connectivity index (χ0n) is 13.4. The molecule has 24 heavy (non-hydrogen) atoms. The number of thioether (sulfide) groups is 1. The van der Waals surface area contributed by atoms with Crippen LogP contribution in [0.25, 0.3) is 0 Å². The molecule has 1 aromatic carbocycles. The Labute approximate surface area is 145 Å². The van der Waals surface area contributed by atoms with Crippen LogP contribution >= 0.6 is 11.8 Å². The van der Waals surface area contributed by atoms with Gasteiger partial charge in [-0.05, 0) is 19.1 Å². The van der Waals surface area contributed by atoms with Crippen molar-refractivity contribution >= 4 is 33.7 Å². The number of amides is 2. The van der Waals surface area contributed by atoms with Gasteiger partial charge in [-0.3, -0.25) is 14.1 Å². The van der Waals surface area contributed by atoms with E-state index in [0.29, 0.717) is 6.54 Å². The van der Waals surface area contributed by atoms with E-state index in [0.717, 1.165) is 11.3 Å². The van der Waals surface area contributed by atoms with Crippen molar-refractivity contribution in [2.75, 3.05) is 12.3 Å². The van der Waals surface area contributed by atoms with Crippen LogP contribution in [0.2, 0.25) is 0 Å². The monoisotopic (exact) mass is 375 g/mol. The van der Waals surface area contributed by atoms with Crippen molar-refractivity contribution in [3.63, 3.8) is 0 Å². The molecule has 2 atom stereocenters. The van der Waals surface area contributed by atoms with Gasteiger partial charge in [0, 0.05) is 19.2 Å². The van der Waals surface area contributed by atoms with E-state index < -0.39 is 10.1 Å². The van der Waals surface area contributed by atoms with Crippen molar-refractivity contribution in [3.05, 3.63) is 29.8 Å². The van der Waals surface area contributed by atoms with Crippen LogP contribution in [0.4, 0.5) is 0 Å². The molecule has 0 radical (unpaired) electrons. The highest BCUT2D eigenvalue weighted by molar-refractivity contribution is 8.00. The molecule has 1 aromatic rings. The molecule has 2 rings (SSSR count). The zero-order chi connectivity index (χ0) is 18.3. The lowest BCUT2D eigenvalue weighted by Gasteiger charge is -2.33. The molecule has 1 aliphatic heterocycles. The minimum absolute atomic E-state index is 0.0151. The number of rotatable bonds is 5. The topological polar surface area (TPSA) is 139 Å². The van der Waals surface area contributed by atoms with Gasteiger partial charge < -0.3 is 16.4 Å². The predicted molar refractivity (Wildman–Crippen MR) is 92.0 cm³/mol. The molecule has 134 valence electrons. The SMILES string of the molecule is CC(=O)NCCSC1NC(=O)C1N.Cc1ccc(S(=O)(=O)O)cc1. The second-order valence-electron chi connectivity index (χ2n) is 5.10. The van der Waals surface area contributed by atoms with Crippen LogP contribution in [0, 0.1) is 6.92 Å². The Hall–Kier alpha value is -1.62. The summed E-state index contributed by atoms with van der Waals surface area (Å²) in [6.07, 6.45) is 0. The summed E-state index contributed by atoms with van der Waals surface area (Å²) in [4.78, 5) is 21.1. The van der Waals surface area contributed by atoms with Gasteiger partial charge in [-0.15, -0.1) is 11.8 Å². The van der Waals surface area contributed by atoms with Gasteiger partial charge in [-0.2, -0.15) is 8.42 Å². The summed E-state index contributed by atoms with van der Waals surface area (Å²) in [5.41, 5.74) is 6.44. The van der Waals surface area contributed by atoms with Crippen LogP contribution in [0.15, 0.2) is 29.2 Å². The lowest BCUT2D eigenvalue weighted by molar-refractivity contribution is -0.128. The fourth-order valence-corrected chi connectivity index (χ4v) is 3.12. The first-order valence-electron chi connectivity index (χ1n) is 7.07. The van der Waals surface area contributed by atoms with E-state index >= 15 is 0 Å². The lowest BCUT2D eigenvalue weighted by Crippen LogP contribution is -2.65. The third-order valence-electron chi connectivity index (χ3n) is 3.01. The summed E-state index contributed by atoms with van der Waals surface area (Å²) in [6.45, 7) is 3.92. The van der Waals surface area contributed by atoms with Crippen molar-refractivity contribution in [3.8, 4) is 0 Å². The van der Waals surface area contributed by atoms with E-state index in [1.807, 2.05) is 6.92 Å². The largest absolute Gasteiger partial charge is 0.356 e. The van der Waals surface area contributed by atoms with Crippen LogP contribution in [-0.4, -0.2) is 48.5 Å². The van der Waals surface area contributed by atoms with Gasteiger partial charge in [0.2, 0.25) is 11.8 Å². The molecular formula is C14H21N3O5S2. The van der Waals surface area contributed by atoms with Crippen molar-refractivity contribution in [1.82, 2.24) is 10.6 Å². The van der Waals surface area contributed by atoms with Gasteiger partial charge >= 0.3 is 0 Å². The third-order valence-corrected chi connectivity index (χ3v) is 5.08. The van der Waals surface area contributed by atoms with Gasteiger partial charge in [0.15, 0.2) is 0 Å². The average Bonchev–Trinajstić information content (AvgIpc) is 2.50. The number of hydrogen-bond donors (Lipinski definition) is 4. The van der Waals surface area contributed by atoms with Gasteiger partial charge in [-0.25, -0.2) is 0 Å². The van der Waals surface area contributed by atoms with Gasteiger partial charge in [0.25, 0.3) is 10.1 Å². The quantitative estimate of drug-likeness (QED) is 0.320. The summed E-state index contributed by atoms with van der Waals surface area (Å²) in [7, 11) is -4.02. The zero-order valence-corrected chi connectivity index (χ0v) is 15.0. The fourth-order valence-electron chi connectivity index (χ4n) is 1.64. The maximum atomic E-state index is 10.7. The van der Waals surface area contributed by atoms with Crippen molar-refractivity contribution in [2.45, 2.75) is 30.2 Å². The maximum Gasteiger partial charge on any atom is 0.294 e. The van der Waals surface area contributed by atoms with E-state index in [1.54, 1.807) is 23.9 Å². The molecule has 0 spiro atoms. The first-order chi connectivity index (χ1) is 11.1. The van der Waals surface area contributed by atoms with Crippen molar-refractivity contribution < 1.29 is 22.6 Å². The number of benzene rings is 1. The van der Waals surface area contributed by atoms with E-state index in [4.69, 9.17) is 10.3 Å². The second-order valence-corrected chi connectivity index (χ2v) is 7.77. The molecule has 2 unspecified atom stereocenters. The van der Waals surface area contributed by atoms with Crippen LogP contribution < -0.4 is 16.4 Å². The van der Waals surface area contributed by atoms with Crippen LogP contribution in [0.3, 0.4) is 0 Å². The number of aryl methyl sites for hydroxylation is 1. The first kappa shape index (κ1) is 20.4. The number of nitrogens with one attached hydrogen (secondary N) is 2. The Kier molecular flexibility index (Phi) is 7.67. The first-order valence-corrected chi connectivity index (χ1v) is 9.56. The van der Waals surface area contributed by atoms with Crippen LogP contribution in [-0.2, 0) is 19.7 Å². The molecule has 1 saturated heterocycles. The average molecular weight is 375 g/mol. The Morgan fingerprint density at radius 1 is 1.38 bits per heavy atom. The molecule has 1 aliphatic rings. The Bertz CT molecular complexity index is 676. The lowest BCUT2D eigenvalue weighted by atomic mass is 10.2. The fraction of sp³-hybridized carbons (Fsp3) is 0.429. The predicted octanol–water partition coefficient (Wildman–Crippen LogP) is -0.119. The highest BCUT2D eigenvalue weighted by Crippen LogP contribution is 2.17. The van der Waals surface area contributed by atoms with Gasteiger partial charge in [-0.1, -0.05) is 17.7 Å². The molecule has 0 saturated carbocycles. The smallest absolute Gasteiger partial charge is 0.294 e. The number of hydrogen-bond acceptors (Lipinski definition) is 6. The molecule has 1 heterocycles. The number of carbonyl (C=O) groups excluding carboxylic acids is 2. The molecule has 0 aromatic heterocycles. The second kappa shape index (κ2) is 9.02. The molecule has 0 bridgehead atoms. The molecule has 10 heteroatoms. The Morgan fingerprint density at radius 3 is 2.38 bits per heavy atom. The molecule has 0 aliphatic carbocycles. The minimum Gasteiger partial charge on any atom is -0.356 e. The molecule has 8 nitrogen and oxygen atoms in total. The molecule has 1 fully saturated rings. The van der Waals surface area contributed by atoms with Crippen LogP contribution in [0.1, 0.15) is 12.5 Å². The summed E-state index contributed by atoms with van der Waals surface area (Å²) in [5.74, 6) is 0.623.